The van der Waals surface area contributed by atoms with Crippen LogP contribution in [0.15, 0.2) is 18.2 Å². The van der Waals surface area contributed by atoms with E-state index >= 15 is 0 Å². The number of methoxy groups -OCH3 is 1. The third-order valence-electron chi connectivity index (χ3n) is 3.32. The second-order valence-electron chi connectivity index (χ2n) is 4.50. The molecule has 1 amide bonds. The van der Waals surface area contributed by atoms with Crippen molar-refractivity contribution >= 4 is 35.1 Å². The van der Waals surface area contributed by atoms with Crippen LogP contribution in [0.4, 0.5) is 0 Å². The summed E-state index contributed by atoms with van der Waals surface area (Å²) >= 11 is 12.0. The Labute approximate surface area is 126 Å². The normalized spacial score (nSPS) is 22.1. The zero-order chi connectivity index (χ0) is 14.9. The third kappa shape index (κ3) is 2.75. The van der Waals surface area contributed by atoms with Gasteiger partial charge in [-0.3, -0.25) is 4.79 Å². The second-order valence-corrected chi connectivity index (χ2v) is 5.32. The molecule has 1 saturated heterocycles. The summed E-state index contributed by atoms with van der Waals surface area (Å²) < 4.78 is 5.15. The van der Waals surface area contributed by atoms with Gasteiger partial charge in [0.05, 0.1) is 21.7 Å². The van der Waals surface area contributed by atoms with E-state index in [1.807, 2.05) is 0 Å². The molecule has 0 saturated carbocycles. The highest BCUT2D eigenvalue weighted by molar-refractivity contribution is 6.39. The number of hydrogen-bond acceptors (Lipinski definition) is 3. The molecule has 1 aliphatic rings. The molecule has 0 spiro atoms. The van der Waals surface area contributed by atoms with E-state index < -0.39 is 17.9 Å². The van der Waals surface area contributed by atoms with Crippen LogP contribution in [0.5, 0.6) is 0 Å². The van der Waals surface area contributed by atoms with Crippen LogP contribution in [-0.4, -0.2) is 47.7 Å². The number of ether oxygens (including phenoxy) is 1. The van der Waals surface area contributed by atoms with E-state index in [4.69, 9.17) is 27.9 Å². The van der Waals surface area contributed by atoms with Crippen LogP contribution in [0.3, 0.4) is 0 Å². The standard InChI is InChI=1S/C13H13Cl2NO4/c1-20-7-5-10(13(18)19)16(6-7)12(17)11-8(14)3-2-4-9(11)15/h2-4,7,10H,5-6H2,1H3,(H,18,19). The van der Waals surface area contributed by atoms with Crippen molar-refractivity contribution in [1.82, 2.24) is 4.90 Å². The van der Waals surface area contributed by atoms with E-state index in [-0.39, 0.29) is 34.7 Å². The molecule has 0 aromatic heterocycles. The van der Waals surface area contributed by atoms with Crippen LogP contribution in [0.1, 0.15) is 16.8 Å². The van der Waals surface area contributed by atoms with E-state index in [0.29, 0.717) is 0 Å². The maximum absolute atomic E-state index is 12.5. The van der Waals surface area contributed by atoms with Gasteiger partial charge in [0, 0.05) is 20.1 Å². The zero-order valence-electron chi connectivity index (χ0n) is 10.7. The Bertz CT molecular complexity index is 529. The number of carboxylic acids is 1. The average molecular weight is 318 g/mol. The summed E-state index contributed by atoms with van der Waals surface area (Å²) in [5.74, 6) is -1.56. The quantitative estimate of drug-likeness (QED) is 0.929. The highest BCUT2D eigenvalue weighted by atomic mass is 35.5. The molecule has 20 heavy (non-hydrogen) atoms. The van der Waals surface area contributed by atoms with Gasteiger partial charge < -0.3 is 14.7 Å². The highest BCUT2D eigenvalue weighted by Gasteiger charge is 2.41. The molecule has 7 heteroatoms. The average Bonchev–Trinajstić information content (AvgIpc) is 2.82. The fourth-order valence-electron chi connectivity index (χ4n) is 2.27. The van der Waals surface area contributed by atoms with Crippen LogP contribution < -0.4 is 0 Å². The molecule has 108 valence electrons. The summed E-state index contributed by atoms with van der Waals surface area (Å²) in [5, 5.41) is 9.62. The van der Waals surface area contributed by atoms with Gasteiger partial charge in [-0.1, -0.05) is 29.3 Å². The van der Waals surface area contributed by atoms with Gasteiger partial charge in [-0.2, -0.15) is 0 Å². The lowest BCUT2D eigenvalue weighted by Gasteiger charge is -2.22. The summed E-state index contributed by atoms with van der Waals surface area (Å²) in [6, 6.07) is 3.78. The molecule has 1 heterocycles. The van der Waals surface area contributed by atoms with Gasteiger partial charge >= 0.3 is 5.97 Å². The smallest absolute Gasteiger partial charge is 0.326 e. The van der Waals surface area contributed by atoms with Gasteiger partial charge in [0.25, 0.3) is 5.91 Å². The van der Waals surface area contributed by atoms with Crippen molar-refractivity contribution in [2.45, 2.75) is 18.6 Å². The monoisotopic (exact) mass is 317 g/mol. The SMILES string of the molecule is COC1CC(C(=O)O)N(C(=O)c2c(Cl)cccc2Cl)C1. The predicted molar refractivity (Wildman–Crippen MR) is 74.3 cm³/mol. The van der Waals surface area contributed by atoms with Crippen LogP contribution in [0, 0.1) is 0 Å². The molecular weight excluding hydrogens is 305 g/mol. The molecule has 1 aromatic rings. The van der Waals surface area contributed by atoms with E-state index in [2.05, 4.69) is 0 Å². The van der Waals surface area contributed by atoms with Crippen molar-refractivity contribution in [3.05, 3.63) is 33.8 Å². The Hall–Kier alpha value is -1.30. The lowest BCUT2D eigenvalue weighted by atomic mass is 10.1. The van der Waals surface area contributed by atoms with E-state index in [1.165, 1.54) is 12.0 Å². The fraction of sp³-hybridized carbons (Fsp3) is 0.385. The fourth-order valence-corrected chi connectivity index (χ4v) is 2.83. The molecule has 1 N–H and O–H groups in total. The van der Waals surface area contributed by atoms with Crippen LogP contribution in [0.2, 0.25) is 10.0 Å². The molecule has 1 aliphatic heterocycles. The lowest BCUT2D eigenvalue weighted by Crippen LogP contribution is -2.40. The van der Waals surface area contributed by atoms with Gasteiger partial charge in [-0.25, -0.2) is 4.79 Å². The molecule has 0 aliphatic carbocycles. The highest BCUT2D eigenvalue weighted by Crippen LogP contribution is 2.29. The Morgan fingerprint density at radius 2 is 1.95 bits per heavy atom. The van der Waals surface area contributed by atoms with Crippen molar-refractivity contribution in [2.75, 3.05) is 13.7 Å². The number of rotatable bonds is 3. The van der Waals surface area contributed by atoms with Crippen molar-refractivity contribution in [2.24, 2.45) is 0 Å². The van der Waals surface area contributed by atoms with Crippen LogP contribution in [-0.2, 0) is 9.53 Å². The van der Waals surface area contributed by atoms with Gasteiger partial charge in [-0.05, 0) is 12.1 Å². The molecule has 2 unspecified atom stereocenters. The first-order valence-electron chi connectivity index (χ1n) is 5.96. The van der Waals surface area contributed by atoms with Crippen LogP contribution >= 0.6 is 23.2 Å². The first-order valence-corrected chi connectivity index (χ1v) is 6.72. The minimum absolute atomic E-state index is 0.124. The number of likely N-dealkylation sites (tertiary alicyclic amines) is 1. The Morgan fingerprint density at radius 1 is 1.35 bits per heavy atom. The number of hydrogen-bond donors (Lipinski definition) is 1. The maximum Gasteiger partial charge on any atom is 0.326 e. The minimum atomic E-state index is -1.07. The summed E-state index contributed by atoms with van der Waals surface area (Å²) in [7, 11) is 1.49. The lowest BCUT2D eigenvalue weighted by molar-refractivity contribution is -0.141. The summed E-state index contributed by atoms with van der Waals surface area (Å²) in [4.78, 5) is 25.0. The van der Waals surface area contributed by atoms with Crippen molar-refractivity contribution in [1.29, 1.82) is 0 Å². The molecular formula is C13H13Cl2NO4. The molecule has 2 atom stereocenters. The molecule has 0 radical (unpaired) electrons. The zero-order valence-corrected chi connectivity index (χ0v) is 12.2. The summed E-state index contributed by atoms with van der Waals surface area (Å²) in [5.41, 5.74) is 0.124. The third-order valence-corrected chi connectivity index (χ3v) is 3.95. The van der Waals surface area contributed by atoms with Crippen LogP contribution in [0.25, 0.3) is 0 Å². The molecule has 5 nitrogen and oxygen atoms in total. The molecule has 0 bridgehead atoms. The molecule has 1 aromatic carbocycles. The molecule has 1 fully saturated rings. The number of aliphatic carboxylic acids is 1. The topological polar surface area (TPSA) is 66.8 Å². The number of amides is 1. The van der Waals surface area contributed by atoms with Crippen molar-refractivity contribution < 1.29 is 19.4 Å². The van der Waals surface area contributed by atoms with Crippen molar-refractivity contribution in [3.63, 3.8) is 0 Å². The van der Waals surface area contributed by atoms with Gasteiger partial charge in [0.1, 0.15) is 6.04 Å². The Morgan fingerprint density at radius 3 is 2.45 bits per heavy atom. The van der Waals surface area contributed by atoms with E-state index in [1.54, 1.807) is 18.2 Å². The van der Waals surface area contributed by atoms with E-state index in [0.717, 1.165) is 0 Å². The number of halogens is 2. The first kappa shape index (κ1) is 15.1. The number of carbonyl (C=O) groups excluding carboxylic acids is 1. The number of benzene rings is 1. The molecule has 2 rings (SSSR count). The maximum atomic E-state index is 12.5. The number of carbonyl (C=O) groups is 2. The number of nitrogens with zero attached hydrogens (tertiary/aromatic N) is 1. The van der Waals surface area contributed by atoms with Crippen molar-refractivity contribution in [3.8, 4) is 0 Å². The largest absolute Gasteiger partial charge is 0.480 e. The van der Waals surface area contributed by atoms with Gasteiger partial charge in [0.2, 0.25) is 0 Å². The van der Waals surface area contributed by atoms with Gasteiger partial charge in [0.15, 0.2) is 0 Å². The van der Waals surface area contributed by atoms with E-state index in [9.17, 15) is 14.7 Å². The summed E-state index contributed by atoms with van der Waals surface area (Å²) in [6.07, 6.45) is -0.0547. The van der Waals surface area contributed by atoms with Gasteiger partial charge in [-0.15, -0.1) is 0 Å². The first-order chi connectivity index (χ1) is 9.45. The predicted octanol–water partition coefficient (Wildman–Crippen LogP) is 2.31. The minimum Gasteiger partial charge on any atom is -0.480 e. The Balaban J connectivity index is 2.34. The summed E-state index contributed by atoms with van der Waals surface area (Å²) in [6.45, 7) is 0.202. The Kier molecular flexibility index (Phi) is 4.52. The number of carboxylic acid groups (broad SMARTS) is 1. The second kappa shape index (κ2) is 5.99.